The van der Waals surface area contributed by atoms with Crippen molar-refractivity contribution in [2.45, 2.75) is 13.0 Å². The first-order valence-corrected chi connectivity index (χ1v) is 4.57. The summed E-state index contributed by atoms with van der Waals surface area (Å²) in [6.07, 6.45) is 0. The molecular formula is C11H11NO2. The van der Waals surface area contributed by atoms with Gasteiger partial charge in [0.25, 0.3) is 0 Å². The van der Waals surface area contributed by atoms with Gasteiger partial charge < -0.3 is 14.3 Å². The normalized spacial score (nSPS) is 15.7. The van der Waals surface area contributed by atoms with Crippen LogP contribution in [0.1, 0.15) is 18.5 Å². The lowest BCUT2D eigenvalue weighted by Crippen LogP contribution is -2.15. The van der Waals surface area contributed by atoms with Crippen molar-refractivity contribution in [1.29, 1.82) is 0 Å². The number of benzene rings is 1. The van der Waals surface area contributed by atoms with Gasteiger partial charge in [0.15, 0.2) is 11.5 Å². The maximum atomic E-state index is 6.94. The first-order valence-electron chi connectivity index (χ1n) is 4.57. The fourth-order valence-corrected chi connectivity index (χ4v) is 1.39. The highest BCUT2D eigenvalue weighted by molar-refractivity contribution is 5.44. The molecule has 0 fully saturated rings. The Hall–Kier alpha value is -1.69. The van der Waals surface area contributed by atoms with Gasteiger partial charge in [-0.2, -0.15) is 0 Å². The van der Waals surface area contributed by atoms with Crippen LogP contribution in [0.25, 0.3) is 4.85 Å². The van der Waals surface area contributed by atoms with Crippen LogP contribution in [0.3, 0.4) is 0 Å². The third-order valence-electron chi connectivity index (χ3n) is 2.24. The van der Waals surface area contributed by atoms with Gasteiger partial charge >= 0.3 is 0 Å². The summed E-state index contributed by atoms with van der Waals surface area (Å²) < 4.78 is 10.8. The minimum atomic E-state index is -0.120. The standard InChI is InChI=1S/C11H11NO2/c1-8(12-2)9-3-4-10-11(7-9)14-6-5-13-10/h3-4,7-8H,5-6H2,1H3. The fourth-order valence-electron chi connectivity index (χ4n) is 1.39. The van der Waals surface area contributed by atoms with Crippen LogP contribution < -0.4 is 9.47 Å². The van der Waals surface area contributed by atoms with E-state index in [-0.39, 0.29) is 6.04 Å². The highest BCUT2D eigenvalue weighted by Crippen LogP contribution is 2.33. The van der Waals surface area contributed by atoms with E-state index in [1.165, 1.54) is 0 Å². The summed E-state index contributed by atoms with van der Waals surface area (Å²) in [5.41, 5.74) is 0.976. The maximum Gasteiger partial charge on any atom is 0.246 e. The van der Waals surface area contributed by atoms with E-state index in [2.05, 4.69) is 4.85 Å². The Balaban J connectivity index is 2.34. The smallest absolute Gasteiger partial charge is 0.246 e. The lowest BCUT2D eigenvalue weighted by Gasteiger charge is -2.18. The van der Waals surface area contributed by atoms with Crippen LogP contribution in [-0.4, -0.2) is 13.2 Å². The molecule has 0 saturated heterocycles. The Labute approximate surface area is 83.1 Å². The van der Waals surface area contributed by atoms with E-state index in [1.807, 2.05) is 25.1 Å². The molecule has 1 aliphatic rings. The summed E-state index contributed by atoms with van der Waals surface area (Å²) in [7, 11) is 0. The molecule has 1 heterocycles. The van der Waals surface area contributed by atoms with Gasteiger partial charge in [-0.05, 0) is 18.2 Å². The summed E-state index contributed by atoms with van der Waals surface area (Å²) >= 11 is 0. The maximum absolute atomic E-state index is 6.94. The van der Waals surface area contributed by atoms with Gasteiger partial charge in [-0.1, -0.05) is 0 Å². The van der Waals surface area contributed by atoms with Crippen LogP contribution in [0.4, 0.5) is 0 Å². The first-order chi connectivity index (χ1) is 6.81. The molecule has 3 nitrogen and oxygen atoms in total. The molecule has 2 rings (SSSR count). The number of nitrogens with zero attached hydrogens (tertiary/aromatic N) is 1. The molecule has 72 valence electrons. The predicted molar refractivity (Wildman–Crippen MR) is 52.4 cm³/mol. The molecule has 1 atom stereocenters. The Morgan fingerprint density at radius 1 is 1.29 bits per heavy atom. The molecule has 0 bridgehead atoms. The van der Waals surface area contributed by atoms with E-state index in [9.17, 15) is 0 Å². The zero-order chi connectivity index (χ0) is 9.97. The SMILES string of the molecule is [C-]#[N+]C(C)c1ccc2c(c1)OCCO2. The van der Waals surface area contributed by atoms with Crippen molar-refractivity contribution >= 4 is 0 Å². The van der Waals surface area contributed by atoms with Crippen molar-refractivity contribution < 1.29 is 9.47 Å². The molecular weight excluding hydrogens is 178 g/mol. The summed E-state index contributed by atoms with van der Waals surface area (Å²) in [5.74, 6) is 1.53. The first kappa shape index (κ1) is 8.89. The summed E-state index contributed by atoms with van der Waals surface area (Å²) in [6, 6.07) is 5.55. The van der Waals surface area contributed by atoms with Gasteiger partial charge in [-0.3, -0.25) is 0 Å². The molecule has 0 N–H and O–H groups in total. The van der Waals surface area contributed by atoms with Gasteiger partial charge in [-0.25, -0.2) is 6.57 Å². The molecule has 1 aliphatic heterocycles. The number of ether oxygens (including phenoxy) is 2. The molecule has 3 heteroatoms. The molecule has 1 aromatic rings. The number of fused-ring (bicyclic) bond motifs is 1. The number of hydrogen-bond donors (Lipinski definition) is 0. The van der Waals surface area contributed by atoms with Gasteiger partial charge in [0.05, 0.1) is 0 Å². The summed E-state index contributed by atoms with van der Waals surface area (Å²) in [5, 5.41) is 0. The topological polar surface area (TPSA) is 22.8 Å². The van der Waals surface area contributed by atoms with Crippen molar-refractivity contribution in [1.82, 2.24) is 0 Å². The average molecular weight is 189 g/mol. The van der Waals surface area contributed by atoms with Gasteiger partial charge in [0.1, 0.15) is 13.2 Å². The van der Waals surface area contributed by atoms with Crippen molar-refractivity contribution in [3.05, 3.63) is 35.2 Å². The summed E-state index contributed by atoms with van der Waals surface area (Å²) in [4.78, 5) is 3.46. The third-order valence-corrected chi connectivity index (χ3v) is 2.24. The van der Waals surface area contributed by atoms with E-state index in [1.54, 1.807) is 0 Å². The molecule has 14 heavy (non-hydrogen) atoms. The molecule has 1 aromatic carbocycles. The second-order valence-electron chi connectivity index (χ2n) is 3.21. The van der Waals surface area contributed by atoms with Crippen molar-refractivity contribution in [3.8, 4) is 11.5 Å². The van der Waals surface area contributed by atoms with Crippen LogP contribution in [-0.2, 0) is 0 Å². The second kappa shape index (κ2) is 3.59. The van der Waals surface area contributed by atoms with Crippen LogP contribution in [0.5, 0.6) is 11.5 Å². The fraction of sp³-hybridized carbons (Fsp3) is 0.364. The Kier molecular flexibility index (Phi) is 2.28. The van der Waals surface area contributed by atoms with Crippen LogP contribution in [0.15, 0.2) is 18.2 Å². The molecule has 0 saturated carbocycles. The lowest BCUT2D eigenvalue weighted by molar-refractivity contribution is 0.171. The minimum absolute atomic E-state index is 0.120. The molecule has 0 aliphatic carbocycles. The quantitative estimate of drug-likeness (QED) is 0.633. The predicted octanol–water partition coefficient (Wildman–Crippen LogP) is 2.44. The molecule has 0 spiro atoms. The van der Waals surface area contributed by atoms with E-state index < -0.39 is 0 Å². The van der Waals surface area contributed by atoms with Crippen molar-refractivity contribution in [2.24, 2.45) is 0 Å². The molecule has 0 aromatic heterocycles. The highest BCUT2D eigenvalue weighted by Gasteiger charge is 2.15. The van der Waals surface area contributed by atoms with Crippen LogP contribution in [0, 0.1) is 6.57 Å². The number of hydrogen-bond acceptors (Lipinski definition) is 2. The molecule has 1 unspecified atom stereocenters. The Morgan fingerprint density at radius 3 is 2.71 bits per heavy atom. The van der Waals surface area contributed by atoms with E-state index in [0.717, 1.165) is 17.1 Å². The molecule has 0 radical (unpaired) electrons. The van der Waals surface area contributed by atoms with Crippen molar-refractivity contribution in [2.75, 3.05) is 13.2 Å². The van der Waals surface area contributed by atoms with Crippen LogP contribution >= 0.6 is 0 Å². The lowest BCUT2D eigenvalue weighted by atomic mass is 10.1. The largest absolute Gasteiger partial charge is 0.486 e. The van der Waals surface area contributed by atoms with Crippen molar-refractivity contribution in [3.63, 3.8) is 0 Å². The minimum Gasteiger partial charge on any atom is -0.486 e. The van der Waals surface area contributed by atoms with Gasteiger partial charge in [0, 0.05) is 12.5 Å². The number of rotatable bonds is 1. The van der Waals surface area contributed by atoms with Crippen LogP contribution in [0.2, 0.25) is 0 Å². The van der Waals surface area contributed by atoms with E-state index >= 15 is 0 Å². The van der Waals surface area contributed by atoms with Gasteiger partial charge in [-0.15, -0.1) is 0 Å². The molecule has 0 amide bonds. The third kappa shape index (κ3) is 1.51. The Bertz CT molecular complexity index is 381. The van der Waals surface area contributed by atoms with E-state index in [0.29, 0.717) is 13.2 Å². The highest BCUT2D eigenvalue weighted by atomic mass is 16.6. The van der Waals surface area contributed by atoms with E-state index in [4.69, 9.17) is 16.0 Å². The average Bonchev–Trinajstić information content (AvgIpc) is 2.27. The zero-order valence-electron chi connectivity index (χ0n) is 7.99. The van der Waals surface area contributed by atoms with Gasteiger partial charge in [0.2, 0.25) is 6.04 Å². The Morgan fingerprint density at radius 2 is 2.00 bits per heavy atom. The summed E-state index contributed by atoms with van der Waals surface area (Å²) in [6.45, 7) is 10.0. The zero-order valence-corrected chi connectivity index (χ0v) is 7.99. The second-order valence-corrected chi connectivity index (χ2v) is 3.21. The monoisotopic (exact) mass is 189 g/mol.